The summed E-state index contributed by atoms with van der Waals surface area (Å²) in [6.07, 6.45) is 8.75. The van der Waals surface area contributed by atoms with Gasteiger partial charge in [0.25, 0.3) is 5.91 Å². The number of Topliss-reactive ketones (excluding diaryl/α,β-unsaturated/α-hetero) is 1. The standard InChI is InChI=1S/C38H62N6O7/c1-9-11-16-25(30(47)33(49)39-20-10-2)40-32(48)26-17-15-21-43(26)34(50)31(38(8)18-13-12-14-19-38)42-35(51)41-27(36(3,4)5)24-44-28(45)22-37(6,7)23-29(44)46/h10,25-27,31H,2,9,11-24H2,1,3-8H3,(H,39,49)(H,40,48)(H2,41,42,51)/t25?,26-,27+,31+/m0/s1. The van der Waals surface area contributed by atoms with E-state index in [2.05, 4.69) is 27.8 Å². The summed E-state index contributed by atoms with van der Waals surface area (Å²) in [5.74, 6) is -2.97. The molecule has 4 N–H and O–H groups in total. The molecule has 2 saturated heterocycles. The van der Waals surface area contributed by atoms with Crippen molar-refractivity contribution < 1.29 is 33.6 Å². The first kappa shape index (κ1) is 41.6. The molecule has 3 fully saturated rings. The minimum absolute atomic E-state index is 0.0123. The lowest BCUT2D eigenvalue weighted by Crippen LogP contribution is -2.63. The number of hydrogen-bond acceptors (Lipinski definition) is 7. The average molecular weight is 715 g/mol. The molecule has 0 aromatic carbocycles. The summed E-state index contributed by atoms with van der Waals surface area (Å²) < 4.78 is 0. The molecule has 1 aliphatic carbocycles. The molecule has 0 radical (unpaired) electrons. The van der Waals surface area contributed by atoms with Crippen LogP contribution in [0, 0.1) is 16.2 Å². The van der Waals surface area contributed by atoms with Crippen molar-refractivity contribution in [2.45, 2.75) is 150 Å². The summed E-state index contributed by atoms with van der Waals surface area (Å²) >= 11 is 0. The van der Waals surface area contributed by atoms with Crippen LogP contribution < -0.4 is 21.3 Å². The van der Waals surface area contributed by atoms with Gasteiger partial charge in [0.2, 0.25) is 29.4 Å². The number of likely N-dealkylation sites (tertiary alicyclic amines) is 2. The first-order valence-electron chi connectivity index (χ1n) is 18.8. The summed E-state index contributed by atoms with van der Waals surface area (Å²) in [7, 11) is 0. The molecule has 0 spiro atoms. The fourth-order valence-electron chi connectivity index (χ4n) is 7.47. The Hall–Kier alpha value is -3.77. The van der Waals surface area contributed by atoms with Crippen LogP contribution in [0.1, 0.15) is 126 Å². The number of nitrogens with zero attached hydrogens (tertiary/aromatic N) is 2. The number of amides is 7. The normalized spacial score (nSPS) is 22.0. The molecule has 0 bridgehead atoms. The van der Waals surface area contributed by atoms with E-state index >= 15 is 0 Å². The number of imide groups is 1. The van der Waals surface area contributed by atoms with Crippen molar-refractivity contribution in [3.05, 3.63) is 12.7 Å². The van der Waals surface area contributed by atoms with Gasteiger partial charge < -0.3 is 26.2 Å². The molecule has 0 aromatic heterocycles. The minimum Gasteiger partial charge on any atom is -0.346 e. The minimum atomic E-state index is -1.03. The number of ketones is 1. The van der Waals surface area contributed by atoms with E-state index in [0.717, 1.165) is 25.7 Å². The Bertz CT molecular complexity index is 1310. The van der Waals surface area contributed by atoms with Crippen LogP contribution in [0.4, 0.5) is 4.79 Å². The van der Waals surface area contributed by atoms with Gasteiger partial charge in [-0.15, -0.1) is 6.58 Å². The zero-order chi connectivity index (χ0) is 38.1. The van der Waals surface area contributed by atoms with Gasteiger partial charge in [-0.3, -0.25) is 33.7 Å². The highest BCUT2D eigenvalue weighted by molar-refractivity contribution is 6.38. The maximum atomic E-state index is 14.5. The van der Waals surface area contributed by atoms with Crippen molar-refractivity contribution in [2.75, 3.05) is 19.6 Å². The number of piperidine rings is 1. The molecule has 3 rings (SSSR count). The van der Waals surface area contributed by atoms with Crippen LogP contribution in [0.15, 0.2) is 12.7 Å². The number of carbonyl (C=O) groups is 7. The van der Waals surface area contributed by atoms with Crippen LogP contribution in [-0.2, 0) is 28.8 Å². The molecule has 1 unspecified atom stereocenters. The van der Waals surface area contributed by atoms with E-state index in [0.29, 0.717) is 38.6 Å². The molecule has 13 heteroatoms. The molecule has 13 nitrogen and oxygen atoms in total. The summed E-state index contributed by atoms with van der Waals surface area (Å²) in [5, 5.41) is 11.2. The van der Waals surface area contributed by atoms with Crippen LogP contribution >= 0.6 is 0 Å². The summed E-state index contributed by atoms with van der Waals surface area (Å²) in [4.78, 5) is 96.4. The molecule has 286 valence electrons. The van der Waals surface area contributed by atoms with E-state index in [1.54, 1.807) is 0 Å². The van der Waals surface area contributed by atoms with Crippen LogP contribution in [0.5, 0.6) is 0 Å². The highest BCUT2D eigenvalue weighted by Crippen LogP contribution is 2.40. The van der Waals surface area contributed by atoms with Crippen molar-refractivity contribution in [2.24, 2.45) is 16.2 Å². The van der Waals surface area contributed by atoms with Crippen molar-refractivity contribution in [3.8, 4) is 0 Å². The Balaban J connectivity index is 1.82. The molecule has 1 saturated carbocycles. The van der Waals surface area contributed by atoms with Gasteiger partial charge in [-0.2, -0.15) is 0 Å². The van der Waals surface area contributed by atoms with E-state index in [1.165, 1.54) is 15.9 Å². The van der Waals surface area contributed by atoms with E-state index in [9.17, 15) is 33.6 Å². The van der Waals surface area contributed by atoms with E-state index < -0.39 is 64.0 Å². The third-order valence-corrected chi connectivity index (χ3v) is 10.7. The number of unbranched alkanes of at least 4 members (excludes halogenated alkanes) is 1. The predicted octanol–water partition coefficient (Wildman–Crippen LogP) is 3.75. The van der Waals surface area contributed by atoms with Gasteiger partial charge in [-0.1, -0.05) is 86.6 Å². The van der Waals surface area contributed by atoms with Gasteiger partial charge in [0.15, 0.2) is 0 Å². The van der Waals surface area contributed by atoms with Gasteiger partial charge >= 0.3 is 6.03 Å². The molecule has 0 aromatic rings. The van der Waals surface area contributed by atoms with E-state index in [4.69, 9.17) is 0 Å². The monoisotopic (exact) mass is 714 g/mol. The molecule has 4 atom stereocenters. The first-order valence-corrected chi connectivity index (χ1v) is 18.8. The quantitative estimate of drug-likeness (QED) is 0.114. The molecule has 7 amide bonds. The summed E-state index contributed by atoms with van der Waals surface area (Å²) in [6.45, 7) is 17.5. The van der Waals surface area contributed by atoms with E-state index in [1.807, 2.05) is 48.5 Å². The molecule has 2 heterocycles. The average Bonchev–Trinajstić information content (AvgIpc) is 3.54. The van der Waals surface area contributed by atoms with Crippen LogP contribution in [0.2, 0.25) is 0 Å². The zero-order valence-electron chi connectivity index (χ0n) is 32.0. The second kappa shape index (κ2) is 17.6. The van der Waals surface area contributed by atoms with Crippen LogP contribution in [-0.4, -0.2) is 95.0 Å². The van der Waals surface area contributed by atoms with Crippen molar-refractivity contribution in [3.63, 3.8) is 0 Å². The number of carbonyl (C=O) groups excluding carboxylic acids is 7. The lowest BCUT2D eigenvalue weighted by molar-refractivity contribution is -0.153. The molecule has 3 aliphatic rings. The molecular formula is C38H62N6O7. The lowest BCUT2D eigenvalue weighted by Gasteiger charge is -2.43. The number of rotatable bonds is 15. The zero-order valence-corrected chi connectivity index (χ0v) is 32.0. The maximum absolute atomic E-state index is 14.5. The molecule has 51 heavy (non-hydrogen) atoms. The van der Waals surface area contributed by atoms with Gasteiger partial charge in [-0.25, -0.2) is 4.79 Å². The number of hydrogen-bond donors (Lipinski definition) is 4. The van der Waals surface area contributed by atoms with Gasteiger partial charge in [0.05, 0.1) is 12.1 Å². The SMILES string of the molecule is C=CCNC(=O)C(=O)C(CCCC)NC(=O)[C@@H]1CCCN1C(=O)[C@@H](NC(=O)N[C@H](CN1C(=O)CC(C)(C)CC1=O)C(C)(C)C)C1(C)CCCCC1. The maximum Gasteiger partial charge on any atom is 0.315 e. The van der Waals surface area contributed by atoms with Gasteiger partial charge in [-0.05, 0) is 48.3 Å². The highest BCUT2D eigenvalue weighted by Gasteiger charge is 2.47. The van der Waals surface area contributed by atoms with Crippen LogP contribution in [0.3, 0.4) is 0 Å². The molecular weight excluding hydrogens is 652 g/mol. The topological polar surface area (TPSA) is 174 Å². The Morgan fingerprint density at radius 2 is 1.57 bits per heavy atom. The smallest absolute Gasteiger partial charge is 0.315 e. The first-order chi connectivity index (χ1) is 23.8. The fraction of sp³-hybridized carbons (Fsp3) is 0.763. The fourth-order valence-corrected chi connectivity index (χ4v) is 7.47. The number of nitrogens with one attached hydrogen (secondary N) is 4. The van der Waals surface area contributed by atoms with Gasteiger partial charge in [0.1, 0.15) is 12.1 Å². The second-order valence-corrected chi connectivity index (χ2v) is 16.9. The second-order valence-electron chi connectivity index (χ2n) is 16.9. The third-order valence-electron chi connectivity index (χ3n) is 10.7. The largest absolute Gasteiger partial charge is 0.346 e. The van der Waals surface area contributed by atoms with Crippen molar-refractivity contribution in [1.82, 2.24) is 31.1 Å². The summed E-state index contributed by atoms with van der Waals surface area (Å²) in [5.41, 5.74) is -1.54. The molecule has 2 aliphatic heterocycles. The third kappa shape index (κ3) is 11.1. The van der Waals surface area contributed by atoms with Crippen LogP contribution in [0.25, 0.3) is 0 Å². The Morgan fingerprint density at radius 3 is 2.14 bits per heavy atom. The predicted molar refractivity (Wildman–Crippen MR) is 194 cm³/mol. The number of urea groups is 1. The Kier molecular flexibility index (Phi) is 14.4. The van der Waals surface area contributed by atoms with E-state index in [-0.39, 0.29) is 50.1 Å². The lowest BCUT2D eigenvalue weighted by atomic mass is 9.70. The summed E-state index contributed by atoms with van der Waals surface area (Å²) in [6, 6.07) is -4.04. The highest BCUT2D eigenvalue weighted by atomic mass is 16.2. The van der Waals surface area contributed by atoms with Gasteiger partial charge in [0, 0.05) is 32.5 Å². The Morgan fingerprint density at radius 1 is 0.941 bits per heavy atom. The van der Waals surface area contributed by atoms with Crippen molar-refractivity contribution in [1.29, 1.82) is 0 Å². The van der Waals surface area contributed by atoms with Crippen molar-refractivity contribution >= 4 is 41.4 Å². The Labute approximate surface area is 303 Å².